The second-order valence-corrected chi connectivity index (χ2v) is 2.62. The Kier molecular flexibility index (Phi) is 3.18. The predicted octanol–water partition coefficient (Wildman–Crippen LogP) is 1.18. The van der Waals surface area contributed by atoms with Gasteiger partial charge in [-0.25, -0.2) is 0 Å². The molecule has 66 valence electrons. The maximum Gasteiger partial charge on any atom is 0.122 e. The molecule has 3 heteroatoms. The third-order valence-corrected chi connectivity index (χ3v) is 1.76. The van der Waals surface area contributed by atoms with E-state index >= 15 is 0 Å². The molecule has 1 aromatic carbocycles. The molecule has 0 spiro atoms. The largest absolute Gasteiger partial charge is 0.388 e. The highest BCUT2D eigenvalue weighted by Gasteiger charge is 2.10. The highest BCUT2D eigenvalue weighted by atomic mass is 16.3. The summed E-state index contributed by atoms with van der Waals surface area (Å²) in [5.41, 5.74) is 0.925. The summed E-state index contributed by atoms with van der Waals surface area (Å²) in [6.45, 7) is 0. The lowest BCUT2D eigenvalue weighted by Crippen LogP contribution is -2.00. The quantitative estimate of drug-likeness (QED) is 0.701. The number of benzene rings is 1. The molecule has 13 heavy (non-hydrogen) atoms. The maximum absolute atomic E-state index is 10.1. The number of aldehydes is 1. The Morgan fingerprint density at radius 3 is 2.85 bits per heavy atom. The van der Waals surface area contributed by atoms with Gasteiger partial charge in [-0.15, -0.1) is 0 Å². The number of carbonyl (C=O) groups is 1. The average molecular weight is 175 g/mol. The van der Waals surface area contributed by atoms with Gasteiger partial charge in [-0.3, -0.25) is 0 Å². The molecule has 0 aliphatic heterocycles. The first-order valence-corrected chi connectivity index (χ1v) is 3.90. The van der Waals surface area contributed by atoms with Crippen molar-refractivity contribution >= 4 is 6.29 Å². The van der Waals surface area contributed by atoms with Crippen LogP contribution >= 0.6 is 0 Å². The Morgan fingerprint density at radius 2 is 2.23 bits per heavy atom. The summed E-state index contributed by atoms with van der Waals surface area (Å²) < 4.78 is 0. The average Bonchev–Trinajstić information content (AvgIpc) is 2.18. The van der Waals surface area contributed by atoms with Gasteiger partial charge in [0.1, 0.15) is 6.29 Å². The van der Waals surface area contributed by atoms with Crippen LogP contribution in [-0.4, -0.2) is 11.4 Å². The standard InChI is InChI=1S/C10H9NO2/c11-7-8-3-1-2-4-9(8)10(13)5-6-12/h1-4,6,10,13H,5H2. The lowest BCUT2D eigenvalue weighted by atomic mass is 10.0. The van der Waals surface area contributed by atoms with Crippen molar-refractivity contribution in [2.45, 2.75) is 12.5 Å². The number of aliphatic hydroxyl groups is 1. The maximum atomic E-state index is 10.1. The summed E-state index contributed by atoms with van der Waals surface area (Å²) in [5, 5.41) is 18.1. The van der Waals surface area contributed by atoms with Crippen LogP contribution < -0.4 is 0 Å². The number of nitrogens with zero attached hydrogens (tertiary/aromatic N) is 1. The SMILES string of the molecule is N#Cc1ccccc1C(O)CC=O. The molecule has 1 unspecified atom stereocenters. The summed E-state index contributed by atoms with van der Waals surface area (Å²) >= 11 is 0. The van der Waals surface area contributed by atoms with Gasteiger partial charge in [0.25, 0.3) is 0 Å². The van der Waals surface area contributed by atoms with Crippen molar-refractivity contribution in [3.63, 3.8) is 0 Å². The van der Waals surface area contributed by atoms with Crippen molar-refractivity contribution in [3.8, 4) is 6.07 Å². The van der Waals surface area contributed by atoms with Crippen LogP contribution in [0.3, 0.4) is 0 Å². The molecule has 0 amide bonds. The normalized spacial score (nSPS) is 11.7. The van der Waals surface area contributed by atoms with E-state index < -0.39 is 6.10 Å². The third kappa shape index (κ3) is 2.14. The van der Waals surface area contributed by atoms with E-state index in [1.54, 1.807) is 24.3 Å². The van der Waals surface area contributed by atoms with Crippen molar-refractivity contribution in [3.05, 3.63) is 35.4 Å². The van der Waals surface area contributed by atoms with Crippen LogP contribution in [-0.2, 0) is 4.79 Å². The van der Waals surface area contributed by atoms with Crippen LogP contribution in [0.2, 0.25) is 0 Å². The Morgan fingerprint density at radius 1 is 1.54 bits per heavy atom. The van der Waals surface area contributed by atoms with Gasteiger partial charge >= 0.3 is 0 Å². The van der Waals surface area contributed by atoms with E-state index in [0.29, 0.717) is 17.4 Å². The minimum Gasteiger partial charge on any atom is -0.388 e. The minimum atomic E-state index is -0.867. The molecule has 0 radical (unpaired) electrons. The number of rotatable bonds is 3. The molecular weight excluding hydrogens is 166 g/mol. The fourth-order valence-corrected chi connectivity index (χ4v) is 1.11. The van der Waals surface area contributed by atoms with Crippen LogP contribution in [0.15, 0.2) is 24.3 Å². The molecule has 1 atom stereocenters. The van der Waals surface area contributed by atoms with Gasteiger partial charge in [-0.2, -0.15) is 5.26 Å². The van der Waals surface area contributed by atoms with Gasteiger partial charge in [-0.05, 0) is 11.6 Å². The van der Waals surface area contributed by atoms with Crippen molar-refractivity contribution in [1.82, 2.24) is 0 Å². The lowest BCUT2D eigenvalue weighted by molar-refractivity contribution is -0.109. The molecule has 1 aromatic rings. The molecule has 1 rings (SSSR count). The molecule has 1 N–H and O–H groups in total. The molecule has 0 saturated carbocycles. The molecule has 3 nitrogen and oxygen atoms in total. The molecular formula is C10H9NO2. The van der Waals surface area contributed by atoms with Gasteiger partial charge in [0.15, 0.2) is 0 Å². The second kappa shape index (κ2) is 4.39. The van der Waals surface area contributed by atoms with E-state index in [2.05, 4.69) is 0 Å². The molecule has 0 aliphatic carbocycles. The van der Waals surface area contributed by atoms with Gasteiger partial charge in [0.05, 0.1) is 17.7 Å². The number of hydrogen-bond acceptors (Lipinski definition) is 3. The first-order chi connectivity index (χ1) is 6.29. The third-order valence-electron chi connectivity index (χ3n) is 1.76. The van der Waals surface area contributed by atoms with E-state index in [9.17, 15) is 9.90 Å². The number of nitriles is 1. The second-order valence-electron chi connectivity index (χ2n) is 2.62. The van der Waals surface area contributed by atoms with Crippen molar-refractivity contribution in [2.75, 3.05) is 0 Å². The highest BCUT2D eigenvalue weighted by Crippen LogP contribution is 2.18. The molecule has 0 heterocycles. The van der Waals surface area contributed by atoms with E-state index in [1.165, 1.54) is 0 Å². The minimum absolute atomic E-state index is 0.0265. The first-order valence-electron chi connectivity index (χ1n) is 3.90. The summed E-state index contributed by atoms with van der Waals surface area (Å²) in [5.74, 6) is 0. The molecule has 0 fully saturated rings. The van der Waals surface area contributed by atoms with Crippen LogP contribution in [0.5, 0.6) is 0 Å². The van der Waals surface area contributed by atoms with Crippen molar-refractivity contribution in [1.29, 1.82) is 5.26 Å². The Bertz CT molecular complexity index is 341. The number of aliphatic hydroxyl groups excluding tert-OH is 1. The summed E-state index contributed by atoms with van der Waals surface area (Å²) in [6, 6.07) is 8.66. The van der Waals surface area contributed by atoms with Crippen LogP contribution in [0.1, 0.15) is 23.7 Å². The zero-order valence-electron chi connectivity index (χ0n) is 6.97. The van der Waals surface area contributed by atoms with E-state index in [4.69, 9.17) is 5.26 Å². The highest BCUT2D eigenvalue weighted by molar-refractivity contribution is 5.52. The predicted molar refractivity (Wildman–Crippen MR) is 46.8 cm³/mol. The fraction of sp³-hybridized carbons (Fsp3) is 0.200. The van der Waals surface area contributed by atoms with Crippen LogP contribution in [0, 0.1) is 11.3 Å². The molecule has 0 bridgehead atoms. The van der Waals surface area contributed by atoms with Crippen molar-refractivity contribution in [2.24, 2.45) is 0 Å². The monoisotopic (exact) mass is 175 g/mol. The first kappa shape index (κ1) is 9.43. The smallest absolute Gasteiger partial charge is 0.122 e. The molecule has 0 saturated heterocycles. The summed E-state index contributed by atoms with van der Waals surface area (Å²) in [4.78, 5) is 10.1. The van der Waals surface area contributed by atoms with E-state index in [0.717, 1.165) is 0 Å². The zero-order valence-corrected chi connectivity index (χ0v) is 6.97. The van der Waals surface area contributed by atoms with Gasteiger partial charge in [0, 0.05) is 6.42 Å². The van der Waals surface area contributed by atoms with E-state index in [1.807, 2.05) is 6.07 Å². The zero-order chi connectivity index (χ0) is 9.68. The van der Waals surface area contributed by atoms with Gasteiger partial charge < -0.3 is 9.90 Å². The topological polar surface area (TPSA) is 61.1 Å². The fourth-order valence-electron chi connectivity index (χ4n) is 1.11. The van der Waals surface area contributed by atoms with Crippen LogP contribution in [0.4, 0.5) is 0 Å². The summed E-state index contributed by atoms with van der Waals surface area (Å²) in [6.07, 6.45) is -0.203. The van der Waals surface area contributed by atoms with Crippen LogP contribution in [0.25, 0.3) is 0 Å². The van der Waals surface area contributed by atoms with E-state index in [-0.39, 0.29) is 6.42 Å². The van der Waals surface area contributed by atoms with Gasteiger partial charge in [0.2, 0.25) is 0 Å². The van der Waals surface area contributed by atoms with Crippen molar-refractivity contribution < 1.29 is 9.90 Å². The number of hydrogen-bond donors (Lipinski definition) is 1. The summed E-state index contributed by atoms with van der Waals surface area (Å²) in [7, 11) is 0. The Labute approximate surface area is 76.2 Å². The lowest BCUT2D eigenvalue weighted by Gasteiger charge is -2.08. The van der Waals surface area contributed by atoms with Gasteiger partial charge in [-0.1, -0.05) is 18.2 Å². The Hall–Kier alpha value is -1.66. The Balaban J connectivity index is 2.99. The number of carbonyl (C=O) groups excluding carboxylic acids is 1. The molecule has 0 aliphatic rings. The molecule has 0 aromatic heterocycles.